The van der Waals surface area contributed by atoms with E-state index in [1.807, 2.05) is 12.1 Å². The summed E-state index contributed by atoms with van der Waals surface area (Å²) in [6, 6.07) is 14.5. The smallest absolute Gasteiger partial charge is 0.426 e. The van der Waals surface area contributed by atoms with Gasteiger partial charge in [0.2, 0.25) is 0 Å². The van der Waals surface area contributed by atoms with Crippen LogP contribution in [0, 0.1) is 17.6 Å². The second-order valence-corrected chi connectivity index (χ2v) is 10.3. The fourth-order valence-electron chi connectivity index (χ4n) is 5.29. The molecular formula is C32H32F6O2. The summed E-state index contributed by atoms with van der Waals surface area (Å²) >= 11 is 0. The Morgan fingerprint density at radius 1 is 0.850 bits per heavy atom. The minimum absolute atomic E-state index is 0.161. The van der Waals surface area contributed by atoms with Crippen molar-refractivity contribution >= 4 is 0 Å². The molecule has 0 aliphatic heterocycles. The molecule has 1 aliphatic carbocycles. The predicted octanol–water partition coefficient (Wildman–Crippen LogP) is 10.7. The second-order valence-electron chi connectivity index (χ2n) is 10.3. The maximum absolute atomic E-state index is 14.8. The third-order valence-electron chi connectivity index (χ3n) is 7.48. The molecule has 214 valence electrons. The van der Waals surface area contributed by atoms with Crippen LogP contribution < -0.4 is 9.47 Å². The van der Waals surface area contributed by atoms with E-state index in [1.54, 1.807) is 0 Å². The molecule has 0 amide bonds. The first-order chi connectivity index (χ1) is 19.2. The molecule has 1 aliphatic rings. The lowest BCUT2D eigenvalue weighted by molar-refractivity contribution is -0.185. The van der Waals surface area contributed by atoms with Crippen LogP contribution in [0.15, 0.2) is 73.0 Å². The summed E-state index contributed by atoms with van der Waals surface area (Å²) in [7, 11) is 0. The molecule has 3 aromatic rings. The molecule has 0 bridgehead atoms. The first-order valence-electron chi connectivity index (χ1n) is 13.6. The van der Waals surface area contributed by atoms with E-state index >= 15 is 0 Å². The molecule has 0 heterocycles. The molecule has 0 radical (unpaired) electrons. The van der Waals surface area contributed by atoms with Gasteiger partial charge in [-0.3, -0.25) is 0 Å². The van der Waals surface area contributed by atoms with E-state index in [0.29, 0.717) is 18.1 Å². The monoisotopic (exact) mass is 562 g/mol. The molecule has 1 saturated carbocycles. The standard InChI is InChI=1S/C32H32F6O2/c1-2-3-4-5-21-6-8-22(9-7-21)23-10-12-24(13-11-23)25-14-16-26(17-15-25)32(37,38)40-27-18-28(33)31(29(34)19-27)39-20-30(35)36/h10-22H,2-9H2,1H3. The SMILES string of the molecule is CCCCCC1CCC(c2ccc(-c3ccc(C(F)(F)Oc4cc(F)c(OC=C(F)F)c(F)c4)cc3)cc2)CC1. The molecule has 0 spiro atoms. The van der Waals surface area contributed by atoms with Crippen LogP contribution in [0.3, 0.4) is 0 Å². The maximum Gasteiger partial charge on any atom is 0.426 e. The van der Waals surface area contributed by atoms with E-state index in [4.69, 9.17) is 0 Å². The van der Waals surface area contributed by atoms with Gasteiger partial charge in [-0.1, -0.05) is 69.0 Å². The zero-order chi connectivity index (χ0) is 28.7. The summed E-state index contributed by atoms with van der Waals surface area (Å²) in [4.78, 5) is 0. The quantitative estimate of drug-likeness (QED) is 0.131. The second kappa shape index (κ2) is 13.3. The first-order valence-corrected chi connectivity index (χ1v) is 13.6. The fourth-order valence-corrected chi connectivity index (χ4v) is 5.29. The molecule has 1 fully saturated rings. The van der Waals surface area contributed by atoms with Crippen molar-refractivity contribution in [1.82, 2.24) is 0 Å². The lowest BCUT2D eigenvalue weighted by Crippen LogP contribution is -2.22. The van der Waals surface area contributed by atoms with E-state index in [9.17, 15) is 26.3 Å². The largest absolute Gasteiger partial charge is 0.453 e. The van der Waals surface area contributed by atoms with E-state index in [-0.39, 0.29) is 6.26 Å². The van der Waals surface area contributed by atoms with Crippen molar-refractivity contribution in [2.75, 3.05) is 0 Å². The third kappa shape index (κ3) is 7.61. The Balaban J connectivity index is 1.38. The topological polar surface area (TPSA) is 18.5 Å². The van der Waals surface area contributed by atoms with Crippen LogP contribution in [0.5, 0.6) is 11.5 Å². The molecule has 0 saturated heterocycles. The molecule has 0 aromatic heterocycles. The van der Waals surface area contributed by atoms with Gasteiger partial charge in [-0.15, -0.1) is 0 Å². The Labute approximate surface area is 230 Å². The van der Waals surface area contributed by atoms with Gasteiger partial charge in [-0.2, -0.15) is 17.6 Å². The van der Waals surface area contributed by atoms with Gasteiger partial charge < -0.3 is 9.47 Å². The Morgan fingerprint density at radius 2 is 1.43 bits per heavy atom. The fraction of sp³-hybridized carbons (Fsp3) is 0.375. The van der Waals surface area contributed by atoms with Gasteiger partial charge in [0.25, 0.3) is 0 Å². The van der Waals surface area contributed by atoms with Crippen LogP contribution >= 0.6 is 0 Å². The Morgan fingerprint density at radius 3 is 1.98 bits per heavy atom. The zero-order valence-electron chi connectivity index (χ0n) is 22.2. The van der Waals surface area contributed by atoms with Crippen LogP contribution in [0.4, 0.5) is 26.3 Å². The highest BCUT2D eigenvalue weighted by molar-refractivity contribution is 5.64. The maximum atomic E-state index is 14.8. The highest BCUT2D eigenvalue weighted by Gasteiger charge is 2.35. The van der Waals surface area contributed by atoms with E-state index in [2.05, 4.69) is 28.5 Å². The number of hydrogen-bond donors (Lipinski definition) is 0. The van der Waals surface area contributed by atoms with Gasteiger partial charge in [0.1, 0.15) is 5.75 Å². The van der Waals surface area contributed by atoms with Crippen LogP contribution in [0.25, 0.3) is 11.1 Å². The number of alkyl halides is 2. The Bertz CT molecular complexity index is 1250. The van der Waals surface area contributed by atoms with Crippen molar-refractivity contribution in [2.24, 2.45) is 5.92 Å². The lowest BCUT2D eigenvalue weighted by atomic mass is 9.77. The number of unbranched alkanes of at least 4 members (excludes halogenated alkanes) is 2. The average Bonchev–Trinajstić information content (AvgIpc) is 2.93. The molecule has 3 aromatic carbocycles. The summed E-state index contributed by atoms with van der Waals surface area (Å²) in [6.07, 6.45) is 3.73. The summed E-state index contributed by atoms with van der Waals surface area (Å²) in [5, 5.41) is 0. The predicted molar refractivity (Wildman–Crippen MR) is 143 cm³/mol. The molecule has 4 rings (SSSR count). The number of rotatable bonds is 11. The van der Waals surface area contributed by atoms with Gasteiger partial charge in [0, 0.05) is 12.1 Å². The van der Waals surface area contributed by atoms with Gasteiger partial charge >= 0.3 is 12.2 Å². The minimum Gasteiger partial charge on any atom is -0.453 e. The number of benzene rings is 3. The summed E-state index contributed by atoms with van der Waals surface area (Å²) in [5.41, 5.74) is 2.39. The average molecular weight is 563 g/mol. The van der Waals surface area contributed by atoms with Crippen LogP contribution in [0.1, 0.15) is 75.3 Å². The molecule has 40 heavy (non-hydrogen) atoms. The summed E-state index contributed by atoms with van der Waals surface area (Å²) < 4.78 is 90.6. The van der Waals surface area contributed by atoms with Crippen molar-refractivity contribution in [1.29, 1.82) is 0 Å². The van der Waals surface area contributed by atoms with Gasteiger partial charge in [0.05, 0.1) is 5.56 Å². The Hall–Kier alpha value is -3.42. The third-order valence-corrected chi connectivity index (χ3v) is 7.48. The van der Waals surface area contributed by atoms with Crippen molar-refractivity contribution in [3.05, 3.63) is 95.8 Å². The van der Waals surface area contributed by atoms with E-state index in [1.165, 1.54) is 81.2 Å². The van der Waals surface area contributed by atoms with Crippen molar-refractivity contribution in [3.63, 3.8) is 0 Å². The lowest BCUT2D eigenvalue weighted by Gasteiger charge is -2.29. The van der Waals surface area contributed by atoms with Crippen LogP contribution in [-0.2, 0) is 6.11 Å². The first kappa shape index (κ1) is 29.6. The molecule has 8 heteroatoms. The van der Waals surface area contributed by atoms with Crippen LogP contribution in [0.2, 0.25) is 0 Å². The zero-order valence-corrected chi connectivity index (χ0v) is 22.2. The highest BCUT2D eigenvalue weighted by Crippen LogP contribution is 2.39. The molecule has 0 atom stereocenters. The highest BCUT2D eigenvalue weighted by atomic mass is 19.3. The van der Waals surface area contributed by atoms with Gasteiger partial charge in [0.15, 0.2) is 23.6 Å². The van der Waals surface area contributed by atoms with Crippen molar-refractivity contribution in [2.45, 2.75) is 70.3 Å². The molecular weight excluding hydrogens is 530 g/mol. The number of ether oxygens (including phenoxy) is 2. The minimum atomic E-state index is -3.91. The van der Waals surface area contributed by atoms with E-state index < -0.39 is 40.9 Å². The van der Waals surface area contributed by atoms with Gasteiger partial charge in [-0.25, -0.2) is 8.78 Å². The summed E-state index contributed by atoms with van der Waals surface area (Å²) in [6.45, 7) is 2.23. The molecule has 0 N–H and O–H groups in total. The van der Waals surface area contributed by atoms with Crippen molar-refractivity contribution < 1.29 is 35.8 Å². The normalized spacial score (nSPS) is 17.4. The van der Waals surface area contributed by atoms with Gasteiger partial charge in [-0.05, 0) is 66.3 Å². The van der Waals surface area contributed by atoms with E-state index in [0.717, 1.165) is 17.0 Å². The molecule has 0 unspecified atom stereocenters. The summed E-state index contributed by atoms with van der Waals surface area (Å²) in [5.74, 6) is -3.54. The molecule has 2 nitrogen and oxygen atoms in total. The van der Waals surface area contributed by atoms with Crippen molar-refractivity contribution in [3.8, 4) is 22.6 Å². The van der Waals surface area contributed by atoms with Crippen LogP contribution in [-0.4, -0.2) is 0 Å². The number of halogens is 6. The Kier molecular flexibility index (Phi) is 9.82. The number of hydrogen-bond acceptors (Lipinski definition) is 2.